The number of quaternary nitrogens is 1. The molecule has 0 N–H and O–H groups in total. The van der Waals surface area contributed by atoms with Gasteiger partial charge in [0, 0.05) is 31.2 Å². The third-order valence-corrected chi connectivity index (χ3v) is 7.22. The van der Waals surface area contributed by atoms with Gasteiger partial charge in [0.15, 0.2) is 0 Å². The molecule has 0 amide bonds. The van der Waals surface area contributed by atoms with E-state index in [4.69, 9.17) is 4.74 Å². The second-order valence-corrected chi connectivity index (χ2v) is 9.17. The normalized spacial score (nSPS) is 27.3. The van der Waals surface area contributed by atoms with Crippen LogP contribution in [0.25, 0.3) is 0 Å². The molecule has 4 heteroatoms. The highest BCUT2D eigenvalue weighted by Crippen LogP contribution is 2.43. The molecule has 0 saturated carbocycles. The summed E-state index contributed by atoms with van der Waals surface area (Å²) in [4.78, 5) is 12.5. The predicted octanol–water partition coefficient (Wildman–Crippen LogP) is 2.53. The fraction of sp³-hybridized carbons (Fsp3) is 0.500. The van der Waals surface area contributed by atoms with E-state index in [0.29, 0.717) is 17.6 Å². The smallest absolute Gasteiger partial charge is 0.338 e. The molecule has 2 aliphatic heterocycles. The molecule has 2 unspecified atom stereocenters. The summed E-state index contributed by atoms with van der Waals surface area (Å²) in [6.07, 6.45) is 8.21. The van der Waals surface area contributed by atoms with Gasteiger partial charge in [-0.05, 0) is 30.5 Å². The van der Waals surface area contributed by atoms with Gasteiger partial charge in [0.25, 0.3) is 0 Å². The highest BCUT2D eigenvalue weighted by atomic mass is 79.9. The van der Waals surface area contributed by atoms with E-state index in [1.54, 1.807) is 0 Å². The highest BCUT2D eigenvalue weighted by molar-refractivity contribution is 5.89. The third kappa shape index (κ3) is 4.97. The van der Waals surface area contributed by atoms with Crippen LogP contribution in [0.2, 0.25) is 0 Å². The van der Waals surface area contributed by atoms with Gasteiger partial charge in [-0.3, -0.25) is 0 Å². The van der Waals surface area contributed by atoms with Crippen LogP contribution >= 0.6 is 0 Å². The van der Waals surface area contributed by atoms with Crippen molar-refractivity contribution in [3.05, 3.63) is 71.3 Å². The molecule has 162 valence electrons. The van der Waals surface area contributed by atoms with Crippen LogP contribution in [-0.4, -0.2) is 35.7 Å². The molecule has 4 rings (SSSR count). The minimum Gasteiger partial charge on any atom is -1.00 e. The first kappa shape index (κ1) is 23.0. The van der Waals surface area contributed by atoms with Crippen LogP contribution in [0.15, 0.2) is 54.6 Å². The van der Waals surface area contributed by atoms with Crippen molar-refractivity contribution in [2.75, 3.05) is 7.05 Å². The van der Waals surface area contributed by atoms with Crippen LogP contribution in [0.4, 0.5) is 0 Å². The van der Waals surface area contributed by atoms with Gasteiger partial charge in [0.2, 0.25) is 0 Å². The van der Waals surface area contributed by atoms with Gasteiger partial charge in [-0.15, -0.1) is 0 Å². The van der Waals surface area contributed by atoms with Crippen molar-refractivity contribution in [2.24, 2.45) is 0 Å². The topological polar surface area (TPSA) is 26.3 Å². The average molecular weight is 472 g/mol. The second-order valence-electron chi connectivity index (χ2n) is 9.17. The van der Waals surface area contributed by atoms with E-state index in [1.807, 2.05) is 30.3 Å². The molecular weight excluding hydrogens is 438 g/mol. The summed E-state index contributed by atoms with van der Waals surface area (Å²) in [6.45, 7) is 3.33. The van der Waals surface area contributed by atoms with Gasteiger partial charge in [0.1, 0.15) is 12.6 Å². The molecule has 2 saturated heterocycles. The highest BCUT2D eigenvalue weighted by Gasteiger charge is 2.52. The number of rotatable bonds is 7. The minimum atomic E-state index is -0.172. The molecule has 3 nitrogen and oxygen atoms in total. The van der Waals surface area contributed by atoms with Crippen molar-refractivity contribution in [1.82, 2.24) is 0 Å². The van der Waals surface area contributed by atoms with Gasteiger partial charge in [0.05, 0.1) is 24.7 Å². The van der Waals surface area contributed by atoms with Crippen molar-refractivity contribution in [3.63, 3.8) is 0 Å². The summed E-state index contributed by atoms with van der Waals surface area (Å²) in [5, 5.41) is 0. The summed E-state index contributed by atoms with van der Waals surface area (Å²) in [5.41, 5.74) is 3.54. The first-order chi connectivity index (χ1) is 14.1. The third-order valence-electron chi connectivity index (χ3n) is 7.22. The van der Waals surface area contributed by atoms with E-state index in [9.17, 15) is 4.79 Å². The van der Waals surface area contributed by atoms with Crippen molar-refractivity contribution in [1.29, 1.82) is 0 Å². The molecular formula is C26H34BrNO2. The molecule has 2 aliphatic rings. The molecule has 0 aromatic heterocycles. The first-order valence-electron chi connectivity index (χ1n) is 11.3. The number of aryl methyl sites for hydroxylation is 1. The molecule has 30 heavy (non-hydrogen) atoms. The van der Waals surface area contributed by atoms with Crippen molar-refractivity contribution in [2.45, 2.75) is 76.6 Å². The monoisotopic (exact) mass is 471 g/mol. The number of hydrogen-bond acceptors (Lipinski definition) is 2. The average Bonchev–Trinajstić information content (AvgIpc) is 2.91. The van der Waals surface area contributed by atoms with E-state index in [2.05, 4.69) is 38.2 Å². The maximum atomic E-state index is 12.5. The molecule has 2 aromatic carbocycles. The van der Waals surface area contributed by atoms with Crippen LogP contribution in [0, 0.1) is 0 Å². The van der Waals surface area contributed by atoms with Crippen LogP contribution < -0.4 is 17.0 Å². The van der Waals surface area contributed by atoms with E-state index in [1.165, 1.54) is 43.2 Å². The molecule has 2 bridgehead atoms. The van der Waals surface area contributed by atoms with Crippen LogP contribution in [0.5, 0.6) is 0 Å². The van der Waals surface area contributed by atoms with E-state index >= 15 is 0 Å². The Bertz CT molecular complexity index is 807. The van der Waals surface area contributed by atoms with E-state index in [0.717, 1.165) is 23.9 Å². The Morgan fingerprint density at radius 1 is 0.967 bits per heavy atom. The lowest BCUT2D eigenvalue weighted by Crippen LogP contribution is -3.00. The number of ether oxygens (including phenoxy) is 1. The van der Waals surface area contributed by atoms with Gasteiger partial charge in [-0.1, -0.05) is 55.8 Å². The Morgan fingerprint density at radius 3 is 2.17 bits per heavy atom. The number of carbonyl (C=O) groups excluding carboxylic acids is 1. The lowest BCUT2D eigenvalue weighted by molar-refractivity contribution is -0.961. The van der Waals surface area contributed by atoms with Gasteiger partial charge < -0.3 is 26.2 Å². The molecule has 0 spiro atoms. The lowest BCUT2D eigenvalue weighted by atomic mass is 9.95. The number of esters is 1. The number of carbonyl (C=O) groups is 1. The molecule has 2 atom stereocenters. The molecule has 2 heterocycles. The SMILES string of the molecule is CCCCc1ccc(C[N+]2(C)C3CCC2CC(OC(=O)c2ccccc2)C3)cc1.[Br-]. The molecule has 0 aliphatic carbocycles. The van der Waals surface area contributed by atoms with Crippen LogP contribution in [-0.2, 0) is 17.7 Å². The quantitative estimate of drug-likeness (QED) is 0.458. The Morgan fingerprint density at radius 2 is 1.57 bits per heavy atom. The Kier molecular flexibility index (Phi) is 7.75. The van der Waals surface area contributed by atoms with E-state index < -0.39 is 0 Å². The predicted molar refractivity (Wildman–Crippen MR) is 117 cm³/mol. The molecule has 0 radical (unpaired) electrons. The number of benzene rings is 2. The Balaban J connectivity index is 0.00000256. The number of halogens is 1. The molecule has 2 fully saturated rings. The Hall–Kier alpha value is -1.65. The number of unbranched alkanes of at least 4 members (excludes halogenated alkanes) is 1. The largest absolute Gasteiger partial charge is 1.00 e. The van der Waals surface area contributed by atoms with Gasteiger partial charge in [-0.25, -0.2) is 4.79 Å². The zero-order valence-corrected chi connectivity index (χ0v) is 19.8. The second kappa shape index (κ2) is 10.1. The van der Waals surface area contributed by atoms with E-state index in [-0.39, 0.29) is 29.1 Å². The summed E-state index contributed by atoms with van der Waals surface area (Å²) < 4.78 is 7.01. The number of fused-ring (bicyclic) bond motifs is 2. The first-order valence-corrected chi connectivity index (χ1v) is 11.3. The van der Waals surface area contributed by atoms with Crippen LogP contribution in [0.3, 0.4) is 0 Å². The van der Waals surface area contributed by atoms with Crippen molar-refractivity contribution >= 4 is 5.97 Å². The minimum absolute atomic E-state index is 0. The van der Waals surface area contributed by atoms with Crippen molar-refractivity contribution < 1.29 is 31.0 Å². The fourth-order valence-corrected chi connectivity index (χ4v) is 5.43. The zero-order valence-electron chi connectivity index (χ0n) is 18.2. The summed E-state index contributed by atoms with van der Waals surface area (Å²) in [6, 6.07) is 19.8. The Labute approximate surface area is 191 Å². The van der Waals surface area contributed by atoms with Crippen LogP contribution in [0.1, 0.15) is 66.9 Å². The fourth-order valence-electron chi connectivity index (χ4n) is 5.43. The van der Waals surface area contributed by atoms with Crippen molar-refractivity contribution in [3.8, 4) is 0 Å². The molecule has 2 aromatic rings. The summed E-state index contributed by atoms with van der Waals surface area (Å²) in [5.74, 6) is -0.172. The number of nitrogens with zero attached hydrogens (tertiary/aromatic N) is 1. The summed E-state index contributed by atoms with van der Waals surface area (Å²) in [7, 11) is 2.42. The maximum absolute atomic E-state index is 12.5. The van der Waals surface area contributed by atoms with Gasteiger partial charge >= 0.3 is 5.97 Å². The summed E-state index contributed by atoms with van der Waals surface area (Å²) >= 11 is 0. The zero-order chi connectivity index (χ0) is 20.3. The standard InChI is InChI=1S/C26H34NO2.BrH/c1-3-4-8-20-11-13-21(14-12-20)19-27(2)23-15-16-24(27)18-25(17-23)29-26(28)22-9-6-5-7-10-22;/h5-7,9-14,23-25H,3-4,8,15-19H2,1-2H3;1H/q+1;/p-1. The van der Waals surface area contributed by atoms with Gasteiger partial charge in [-0.2, -0.15) is 0 Å². The maximum Gasteiger partial charge on any atom is 0.338 e. The number of hydrogen-bond donors (Lipinski definition) is 0. The lowest BCUT2D eigenvalue weighted by Gasteiger charge is -2.47. The number of piperidine rings is 1.